The van der Waals surface area contributed by atoms with Crippen LogP contribution in [0.1, 0.15) is 22.8 Å². The van der Waals surface area contributed by atoms with Gasteiger partial charge in [-0.05, 0) is 46.2 Å². The number of anilines is 2. The van der Waals surface area contributed by atoms with E-state index in [1.807, 2.05) is 0 Å². The first-order valence-corrected chi connectivity index (χ1v) is 9.68. The molecular weight excluding hydrogens is 342 g/mol. The molecule has 0 spiro atoms. The lowest BCUT2D eigenvalue weighted by atomic mass is 9.93. The number of para-hydroxylation sites is 2. The molecule has 0 saturated carbocycles. The first-order chi connectivity index (χ1) is 13.9. The van der Waals surface area contributed by atoms with Crippen LogP contribution in [0.4, 0.5) is 11.4 Å². The Labute approximate surface area is 164 Å². The fraction of sp³-hybridized carbons (Fsp3) is 0.0769. The van der Waals surface area contributed by atoms with Gasteiger partial charge in [-0.1, -0.05) is 78.9 Å². The topological polar surface area (TPSA) is 12.5 Å². The molecule has 0 fully saturated rings. The SMILES string of the molecule is C1=CC2OC(c3ccc4ccccc4c3)c3ccccc3N2c2ccccc21. The average molecular weight is 361 g/mol. The largest absolute Gasteiger partial charge is 0.342 e. The van der Waals surface area contributed by atoms with Crippen molar-refractivity contribution in [2.24, 2.45) is 0 Å². The summed E-state index contributed by atoms with van der Waals surface area (Å²) in [5.41, 5.74) is 6.03. The summed E-state index contributed by atoms with van der Waals surface area (Å²) in [5.74, 6) is 0. The highest BCUT2D eigenvalue weighted by Crippen LogP contribution is 2.46. The zero-order valence-corrected chi connectivity index (χ0v) is 15.3. The van der Waals surface area contributed by atoms with Gasteiger partial charge in [0.15, 0.2) is 6.23 Å². The highest BCUT2D eigenvalue weighted by atomic mass is 16.5. The molecule has 2 nitrogen and oxygen atoms in total. The summed E-state index contributed by atoms with van der Waals surface area (Å²) >= 11 is 0. The molecule has 2 unspecified atom stereocenters. The minimum absolute atomic E-state index is 0.0861. The van der Waals surface area contributed by atoms with Crippen LogP contribution in [0.3, 0.4) is 0 Å². The first kappa shape index (κ1) is 15.7. The van der Waals surface area contributed by atoms with Crippen molar-refractivity contribution in [2.75, 3.05) is 4.90 Å². The Morgan fingerprint density at radius 2 is 1.43 bits per heavy atom. The Morgan fingerprint density at radius 3 is 2.36 bits per heavy atom. The van der Waals surface area contributed by atoms with Crippen molar-refractivity contribution >= 4 is 28.2 Å². The van der Waals surface area contributed by atoms with Crippen LogP contribution in [0.15, 0.2) is 97.1 Å². The van der Waals surface area contributed by atoms with Crippen LogP contribution in [0.2, 0.25) is 0 Å². The Hall–Kier alpha value is -3.36. The van der Waals surface area contributed by atoms with Gasteiger partial charge < -0.3 is 9.64 Å². The number of fused-ring (bicyclic) bond motifs is 6. The van der Waals surface area contributed by atoms with Crippen molar-refractivity contribution in [3.8, 4) is 0 Å². The van der Waals surface area contributed by atoms with E-state index in [1.54, 1.807) is 0 Å². The van der Waals surface area contributed by atoms with Gasteiger partial charge in [0, 0.05) is 5.56 Å². The lowest BCUT2D eigenvalue weighted by Crippen LogP contribution is -2.40. The molecule has 2 aliphatic rings. The maximum Gasteiger partial charge on any atom is 0.155 e. The lowest BCUT2D eigenvalue weighted by Gasteiger charge is -2.43. The van der Waals surface area contributed by atoms with E-state index in [-0.39, 0.29) is 12.3 Å². The van der Waals surface area contributed by atoms with Crippen LogP contribution in [0, 0.1) is 0 Å². The van der Waals surface area contributed by atoms with Gasteiger partial charge in [-0.15, -0.1) is 0 Å². The van der Waals surface area contributed by atoms with Gasteiger partial charge in [0.05, 0.1) is 11.4 Å². The van der Waals surface area contributed by atoms with E-state index < -0.39 is 0 Å². The number of hydrogen-bond donors (Lipinski definition) is 0. The van der Waals surface area contributed by atoms with Crippen molar-refractivity contribution in [3.63, 3.8) is 0 Å². The molecule has 0 N–H and O–H groups in total. The Morgan fingerprint density at radius 1 is 0.679 bits per heavy atom. The Kier molecular flexibility index (Phi) is 3.40. The summed E-state index contributed by atoms with van der Waals surface area (Å²) in [5, 5.41) is 2.50. The maximum atomic E-state index is 6.65. The molecule has 2 heteroatoms. The monoisotopic (exact) mass is 361 g/mol. The van der Waals surface area contributed by atoms with Gasteiger partial charge >= 0.3 is 0 Å². The quantitative estimate of drug-likeness (QED) is 0.386. The van der Waals surface area contributed by atoms with Crippen LogP contribution in [0.5, 0.6) is 0 Å². The van der Waals surface area contributed by atoms with E-state index in [0.29, 0.717) is 0 Å². The molecule has 6 rings (SSSR count). The van der Waals surface area contributed by atoms with Crippen LogP contribution in [-0.2, 0) is 4.74 Å². The molecule has 4 aromatic carbocycles. The fourth-order valence-electron chi connectivity index (χ4n) is 4.40. The van der Waals surface area contributed by atoms with E-state index in [2.05, 4.69) is 108 Å². The van der Waals surface area contributed by atoms with Crippen LogP contribution in [0.25, 0.3) is 16.8 Å². The van der Waals surface area contributed by atoms with Crippen molar-refractivity contribution in [3.05, 3.63) is 114 Å². The molecule has 2 heterocycles. The van der Waals surface area contributed by atoms with Gasteiger partial charge in [-0.3, -0.25) is 0 Å². The highest BCUT2D eigenvalue weighted by molar-refractivity contribution is 5.84. The van der Waals surface area contributed by atoms with Crippen molar-refractivity contribution in [1.82, 2.24) is 0 Å². The van der Waals surface area contributed by atoms with E-state index in [1.165, 1.54) is 38.8 Å². The molecule has 0 aromatic heterocycles. The second-order valence-corrected chi connectivity index (χ2v) is 7.36. The Bertz CT molecular complexity index is 1230. The number of nitrogens with zero attached hydrogens (tertiary/aromatic N) is 1. The summed E-state index contributed by atoms with van der Waals surface area (Å²) in [7, 11) is 0. The predicted molar refractivity (Wildman–Crippen MR) is 115 cm³/mol. The minimum Gasteiger partial charge on any atom is -0.342 e. The van der Waals surface area contributed by atoms with Crippen molar-refractivity contribution in [1.29, 1.82) is 0 Å². The third kappa shape index (κ3) is 2.32. The fourth-order valence-corrected chi connectivity index (χ4v) is 4.40. The normalized spacial score (nSPS) is 19.8. The zero-order valence-electron chi connectivity index (χ0n) is 15.3. The van der Waals surface area contributed by atoms with Crippen LogP contribution >= 0.6 is 0 Å². The van der Waals surface area contributed by atoms with Gasteiger partial charge in [0.25, 0.3) is 0 Å². The summed E-state index contributed by atoms with van der Waals surface area (Å²) in [6.45, 7) is 0. The van der Waals surface area contributed by atoms with Gasteiger partial charge in [0.1, 0.15) is 6.10 Å². The van der Waals surface area contributed by atoms with E-state index in [4.69, 9.17) is 4.74 Å². The summed E-state index contributed by atoms with van der Waals surface area (Å²) < 4.78 is 6.65. The number of hydrogen-bond acceptors (Lipinski definition) is 2. The number of ether oxygens (including phenoxy) is 1. The molecular formula is C26H19NO. The first-order valence-electron chi connectivity index (χ1n) is 9.68. The second kappa shape index (κ2) is 6.08. The average Bonchev–Trinajstić information content (AvgIpc) is 2.78. The molecule has 2 aliphatic heterocycles. The molecule has 28 heavy (non-hydrogen) atoms. The molecule has 4 aromatic rings. The number of rotatable bonds is 1. The third-order valence-corrected chi connectivity index (χ3v) is 5.72. The van der Waals surface area contributed by atoms with Crippen LogP contribution < -0.4 is 4.90 Å². The maximum absolute atomic E-state index is 6.65. The van der Waals surface area contributed by atoms with Crippen molar-refractivity contribution in [2.45, 2.75) is 12.3 Å². The molecule has 0 radical (unpaired) electrons. The van der Waals surface area contributed by atoms with Gasteiger partial charge in [-0.2, -0.15) is 0 Å². The summed E-state index contributed by atoms with van der Waals surface area (Å²) in [6.07, 6.45) is 4.13. The zero-order chi connectivity index (χ0) is 18.5. The smallest absolute Gasteiger partial charge is 0.155 e. The van der Waals surface area contributed by atoms with Gasteiger partial charge in [0.2, 0.25) is 0 Å². The van der Waals surface area contributed by atoms with E-state index >= 15 is 0 Å². The molecule has 0 bridgehead atoms. The Balaban J connectivity index is 1.52. The predicted octanol–water partition coefficient (Wildman–Crippen LogP) is 6.45. The van der Waals surface area contributed by atoms with E-state index in [9.17, 15) is 0 Å². The third-order valence-electron chi connectivity index (χ3n) is 5.72. The molecule has 0 amide bonds. The highest BCUT2D eigenvalue weighted by Gasteiger charge is 2.35. The van der Waals surface area contributed by atoms with Gasteiger partial charge in [-0.25, -0.2) is 0 Å². The molecule has 0 aliphatic carbocycles. The molecule has 0 saturated heterocycles. The van der Waals surface area contributed by atoms with E-state index in [0.717, 1.165) is 0 Å². The molecule has 2 atom stereocenters. The summed E-state index contributed by atoms with van der Waals surface area (Å²) in [4.78, 5) is 2.31. The minimum atomic E-state index is -0.110. The standard InChI is InChI=1S/C26H19NO/c1-2-9-20-17-21(14-13-18(20)7-1)26-22-10-4-6-12-24(22)27-23-11-5-3-8-19(23)15-16-25(27)28-26/h1-17,25-26H. The number of benzene rings is 4. The molecule has 134 valence electrons. The lowest BCUT2D eigenvalue weighted by molar-refractivity contribution is 0.0303. The second-order valence-electron chi connectivity index (χ2n) is 7.36. The van der Waals surface area contributed by atoms with Crippen molar-refractivity contribution < 1.29 is 4.74 Å². The summed E-state index contributed by atoms with van der Waals surface area (Å²) in [6, 6.07) is 32.2. The van der Waals surface area contributed by atoms with Crippen LogP contribution in [-0.4, -0.2) is 6.23 Å².